The number of phenolic OH excluding ortho intramolecular Hbond substituents is 1. The van der Waals surface area contributed by atoms with Crippen LogP contribution < -0.4 is 5.32 Å². The highest BCUT2D eigenvalue weighted by atomic mass is 79.9. The monoisotopic (exact) mass is 344 g/mol. The number of carbonyl (C=O) groups is 1. The second-order valence-corrected chi connectivity index (χ2v) is 5.55. The fraction of sp³-hybridized carbons (Fsp3) is 0.500. The van der Waals surface area contributed by atoms with E-state index in [9.17, 15) is 9.90 Å². The number of nitrogens with one attached hydrogen (secondary N) is 1. The van der Waals surface area contributed by atoms with Crippen LogP contribution in [-0.2, 0) is 9.53 Å². The number of amides is 1. The maximum atomic E-state index is 11.7. The smallest absolute Gasteiger partial charge is 0.234 e. The number of rotatable bonds is 7. The van der Waals surface area contributed by atoms with Crippen LogP contribution in [0.4, 0.5) is 0 Å². The minimum Gasteiger partial charge on any atom is -0.508 e. The average molecular weight is 345 g/mol. The van der Waals surface area contributed by atoms with Gasteiger partial charge in [-0.1, -0.05) is 15.9 Å². The molecule has 0 aliphatic rings. The third-order valence-corrected chi connectivity index (χ3v) is 3.62. The molecule has 0 bridgehead atoms. The molecule has 0 saturated carbocycles. The molecule has 0 aliphatic carbocycles. The fourth-order valence-corrected chi connectivity index (χ4v) is 2.19. The minimum absolute atomic E-state index is 0.0640. The lowest BCUT2D eigenvalue weighted by Gasteiger charge is -2.25. The maximum Gasteiger partial charge on any atom is 0.234 e. The van der Waals surface area contributed by atoms with E-state index in [0.29, 0.717) is 13.2 Å². The predicted molar refractivity (Wildman–Crippen MR) is 81.7 cm³/mol. The standard InChI is InChI=1S/C14H21BrN2O3/c1-10(12-8-11(15)4-5-13(12)18)17(2)9-14(19)16-6-7-20-3/h4-5,8,10,18H,6-7,9H2,1-3H3,(H,16,19). The molecule has 0 saturated heterocycles. The summed E-state index contributed by atoms with van der Waals surface area (Å²) in [5.74, 6) is 0.165. The number of hydrogen-bond donors (Lipinski definition) is 2. The summed E-state index contributed by atoms with van der Waals surface area (Å²) in [6, 6.07) is 5.21. The number of benzene rings is 1. The van der Waals surface area contributed by atoms with Crippen LogP contribution in [0.3, 0.4) is 0 Å². The maximum absolute atomic E-state index is 11.7. The van der Waals surface area contributed by atoms with Gasteiger partial charge < -0.3 is 15.2 Å². The lowest BCUT2D eigenvalue weighted by atomic mass is 10.1. The van der Waals surface area contributed by atoms with E-state index in [0.717, 1.165) is 10.0 Å². The summed E-state index contributed by atoms with van der Waals surface area (Å²) in [4.78, 5) is 13.6. The van der Waals surface area contributed by atoms with Gasteiger partial charge in [-0.15, -0.1) is 0 Å². The van der Waals surface area contributed by atoms with Gasteiger partial charge in [-0.2, -0.15) is 0 Å². The predicted octanol–water partition coefficient (Wildman–Crippen LogP) is 1.91. The van der Waals surface area contributed by atoms with E-state index in [1.54, 1.807) is 19.2 Å². The molecule has 20 heavy (non-hydrogen) atoms. The highest BCUT2D eigenvalue weighted by Crippen LogP contribution is 2.30. The summed E-state index contributed by atoms with van der Waals surface area (Å²) in [6.07, 6.45) is 0. The van der Waals surface area contributed by atoms with Gasteiger partial charge in [-0.3, -0.25) is 9.69 Å². The van der Waals surface area contributed by atoms with Crippen molar-refractivity contribution < 1.29 is 14.6 Å². The molecule has 1 atom stereocenters. The highest BCUT2D eigenvalue weighted by molar-refractivity contribution is 9.10. The van der Waals surface area contributed by atoms with Gasteiger partial charge in [-0.05, 0) is 32.2 Å². The molecule has 2 N–H and O–H groups in total. The molecule has 0 aliphatic heterocycles. The normalized spacial score (nSPS) is 12.4. The molecule has 0 fully saturated rings. The lowest BCUT2D eigenvalue weighted by Crippen LogP contribution is -2.37. The zero-order chi connectivity index (χ0) is 15.1. The fourth-order valence-electron chi connectivity index (χ4n) is 1.81. The van der Waals surface area contributed by atoms with E-state index in [-0.39, 0.29) is 24.2 Å². The molecule has 1 aromatic carbocycles. The van der Waals surface area contributed by atoms with Crippen LogP contribution in [0.5, 0.6) is 5.75 Å². The second-order valence-electron chi connectivity index (χ2n) is 4.64. The first-order valence-corrected chi connectivity index (χ1v) is 7.19. The molecule has 1 unspecified atom stereocenters. The van der Waals surface area contributed by atoms with Gasteiger partial charge in [0.1, 0.15) is 5.75 Å². The number of halogens is 1. The van der Waals surface area contributed by atoms with E-state index in [1.807, 2.05) is 24.9 Å². The molecule has 0 aromatic heterocycles. The Morgan fingerprint density at radius 2 is 2.25 bits per heavy atom. The molecular weight excluding hydrogens is 324 g/mol. The Bertz CT molecular complexity index is 454. The SMILES string of the molecule is COCCNC(=O)CN(C)C(C)c1cc(Br)ccc1O. The average Bonchev–Trinajstić information content (AvgIpc) is 2.41. The number of phenols is 1. The van der Waals surface area contributed by atoms with Crippen molar-refractivity contribution in [2.75, 3.05) is 33.9 Å². The Hall–Kier alpha value is -1.11. The van der Waals surface area contributed by atoms with Crippen molar-refractivity contribution in [2.24, 2.45) is 0 Å². The number of carbonyl (C=O) groups excluding carboxylic acids is 1. The van der Waals surface area contributed by atoms with Gasteiger partial charge in [0, 0.05) is 29.7 Å². The van der Waals surface area contributed by atoms with Gasteiger partial charge >= 0.3 is 0 Å². The van der Waals surface area contributed by atoms with Crippen LogP contribution >= 0.6 is 15.9 Å². The molecule has 1 amide bonds. The molecule has 0 heterocycles. The van der Waals surface area contributed by atoms with Gasteiger partial charge in [-0.25, -0.2) is 0 Å². The summed E-state index contributed by atoms with van der Waals surface area (Å²) >= 11 is 3.38. The van der Waals surface area contributed by atoms with Crippen LogP contribution in [0.15, 0.2) is 22.7 Å². The van der Waals surface area contributed by atoms with E-state index < -0.39 is 0 Å². The van der Waals surface area contributed by atoms with Gasteiger partial charge in [0.2, 0.25) is 5.91 Å². The molecule has 1 rings (SSSR count). The first-order valence-electron chi connectivity index (χ1n) is 6.40. The number of methoxy groups -OCH3 is 1. The van der Waals surface area contributed by atoms with Crippen LogP contribution in [0.2, 0.25) is 0 Å². The Labute approximate surface area is 128 Å². The van der Waals surface area contributed by atoms with Crippen molar-refractivity contribution >= 4 is 21.8 Å². The Balaban J connectivity index is 2.60. The first kappa shape index (κ1) is 16.9. The first-order chi connectivity index (χ1) is 9.45. The van der Waals surface area contributed by atoms with Crippen molar-refractivity contribution in [2.45, 2.75) is 13.0 Å². The lowest BCUT2D eigenvalue weighted by molar-refractivity contribution is -0.122. The zero-order valence-electron chi connectivity index (χ0n) is 12.0. The van der Waals surface area contributed by atoms with Crippen LogP contribution in [0, 0.1) is 0 Å². The van der Waals surface area contributed by atoms with Crippen molar-refractivity contribution in [3.8, 4) is 5.75 Å². The van der Waals surface area contributed by atoms with Gasteiger partial charge in [0.25, 0.3) is 0 Å². The van der Waals surface area contributed by atoms with Crippen molar-refractivity contribution in [3.05, 3.63) is 28.2 Å². The van der Waals surface area contributed by atoms with E-state index in [4.69, 9.17) is 4.74 Å². The number of aromatic hydroxyl groups is 1. The minimum atomic E-state index is -0.0688. The molecule has 6 heteroatoms. The van der Waals surface area contributed by atoms with Gasteiger partial charge in [0.05, 0.1) is 13.2 Å². The Kier molecular flexibility index (Phi) is 6.98. The van der Waals surface area contributed by atoms with Crippen molar-refractivity contribution in [3.63, 3.8) is 0 Å². The van der Waals surface area contributed by atoms with Gasteiger partial charge in [0.15, 0.2) is 0 Å². The van der Waals surface area contributed by atoms with Crippen LogP contribution in [0.1, 0.15) is 18.5 Å². The van der Waals surface area contributed by atoms with Crippen molar-refractivity contribution in [1.29, 1.82) is 0 Å². The third kappa shape index (κ3) is 5.11. The molecule has 0 spiro atoms. The number of likely N-dealkylation sites (N-methyl/N-ethyl adjacent to an activating group) is 1. The summed E-state index contributed by atoms with van der Waals surface area (Å²) < 4.78 is 5.77. The molecule has 112 valence electrons. The third-order valence-electron chi connectivity index (χ3n) is 3.12. The van der Waals surface area contributed by atoms with Crippen molar-refractivity contribution in [1.82, 2.24) is 10.2 Å². The second kappa shape index (κ2) is 8.24. The summed E-state index contributed by atoms with van der Waals surface area (Å²) in [5.41, 5.74) is 0.784. The summed E-state index contributed by atoms with van der Waals surface area (Å²) in [6.45, 7) is 3.21. The van der Waals surface area contributed by atoms with Crippen LogP contribution in [0.25, 0.3) is 0 Å². The topological polar surface area (TPSA) is 61.8 Å². The molecule has 5 nitrogen and oxygen atoms in total. The van der Waals surface area contributed by atoms with E-state index in [1.165, 1.54) is 0 Å². The molecular formula is C14H21BrN2O3. The largest absolute Gasteiger partial charge is 0.508 e. The van der Waals surface area contributed by atoms with E-state index >= 15 is 0 Å². The van der Waals surface area contributed by atoms with Crippen LogP contribution in [-0.4, -0.2) is 49.8 Å². The molecule has 0 radical (unpaired) electrons. The Morgan fingerprint density at radius 3 is 2.90 bits per heavy atom. The Morgan fingerprint density at radius 1 is 1.55 bits per heavy atom. The number of hydrogen-bond acceptors (Lipinski definition) is 4. The molecule has 1 aromatic rings. The summed E-state index contributed by atoms with van der Waals surface area (Å²) in [5, 5.41) is 12.7. The van der Waals surface area contributed by atoms with E-state index in [2.05, 4.69) is 21.2 Å². The number of nitrogens with zero attached hydrogens (tertiary/aromatic N) is 1. The quantitative estimate of drug-likeness (QED) is 0.741. The highest BCUT2D eigenvalue weighted by Gasteiger charge is 2.17. The summed E-state index contributed by atoms with van der Waals surface area (Å²) in [7, 11) is 3.44. The number of ether oxygens (including phenoxy) is 1. The zero-order valence-corrected chi connectivity index (χ0v) is 13.6.